The van der Waals surface area contributed by atoms with Crippen LogP contribution in [0.1, 0.15) is 32.6 Å². The fourth-order valence-corrected chi connectivity index (χ4v) is 2.69. The number of nitrogens with one attached hydrogen (secondary N) is 2. The van der Waals surface area contributed by atoms with E-state index in [0.717, 1.165) is 19.3 Å². The Kier molecular flexibility index (Phi) is 2.02. The van der Waals surface area contributed by atoms with Crippen LogP contribution in [0.3, 0.4) is 0 Å². The highest BCUT2D eigenvalue weighted by atomic mass is 32.1. The van der Waals surface area contributed by atoms with E-state index < -0.39 is 0 Å². The van der Waals surface area contributed by atoms with Crippen molar-refractivity contribution in [1.82, 2.24) is 10.6 Å². The minimum atomic E-state index is -0.366. The molecule has 0 aromatic rings. The Labute approximate surface area is 83.3 Å². The fourth-order valence-electron chi connectivity index (χ4n) is 2.40. The predicted molar refractivity (Wildman–Crippen MR) is 54.2 cm³/mol. The average Bonchev–Trinajstić information content (AvgIpc) is 2.26. The van der Waals surface area contributed by atoms with E-state index in [1.54, 1.807) is 0 Å². The van der Waals surface area contributed by atoms with Gasteiger partial charge < -0.3 is 10.6 Å². The lowest BCUT2D eigenvalue weighted by atomic mass is 9.76. The van der Waals surface area contributed by atoms with Crippen LogP contribution >= 0.6 is 12.2 Å². The molecular formula is C9H14N2OS. The zero-order valence-corrected chi connectivity index (χ0v) is 8.54. The summed E-state index contributed by atoms with van der Waals surface area (Å²) in [6.07, 6.45) is 4.18. The second kappa shape index (κ2) is 2.94. The van der Waals surface area contributed by atoms with E-state index in [4.69, 9.17) is 12.2 Å². The summed E-state index contributed by atoms with van der Waals surface area (Å²) in [5, 5.41) is 6.30. The van der Waals surface area contributed by atoms with Gasteiger partial charge in [-0.2, -0.15) is 0 Å². The highest BCUT2D eigenvalue weighted by Gasteiger charge is 2.46. The van der Waals surface area contributed by atoms with Crippen molar-refractivity contribution in [2.24, 2.45) is 5.92 Å². The summed E-state index contributed by atoms with van der Waals surface area (Å²) in [7, 11) is 0. The van der Waals surface area contributed by atoms with Gasteiger partial charge in [0.05, 0.1) is 0 Å². The van der Waals surface area contributed by atoms with E-state index in [9.17, 15) is 4.79 Å². The molecule has 1 saturated heterocycles. The van der Waals surface area contributed by atoms with Gasteiger partial charge in [-0.1, -0.05) is 19.8 Å². The van der Waals surface area contributed by atoms with Crippen molar-refractivity contribution in [2.75, 3.05) is 0 Å². The van der Waals surface area contributed by atoms with Crippen LogP contribution in [0.5, 0.6) is 0 Å². The van der Waals surface area contributed by atoms with E-state index in [1.165, 1.54) is 6.42 Å². The second-order valence-electron chi connectivity index (χ2n) is 4.19. The molecular weight excluding hydrogens is 184 g/mol. The topological polar surface area (TPSA) is 41.1 Å². The molecule has 2 atom stereocenters. The van der Waals surface area contributed by atoms with Crippen LogP contribution in [0, 0.1) is 5.92 Å². The molecule has 1 heterocycles. The molecule has 2 N–H and O–H groups in total. The maximum Gasteiger partial charge on any atom is 0.251 e. The van der Waals surface area contributed by atoms with Crippen LogP contribution in [0.4, 0.5) is 0 Å². The number of amides is 1. The maximum absolute atomic E-state index is 11.6. The largest absolute Gasteiger partial charge is 0.348 e. The standard InChI is InChI=1S/C9H14N2OS/c1-6-3-2-4-9(5-6)7(12)10-8(13)11-9/h6H,2-5H2,1H3,(H2,10,11,12,13). The first-order valence-electron chi connectivity index (χ1n) is 4.76. The van der Waals surface area contributed by atoms with E-state index in [0.29, 0.717) is 11.0 Å². The number of hydrogen-bond donors (Lipinski definition) is 2. The molecule has 0 bridgehead atoms. The maximum atomic E-state index is 11.6. The van der Waals surface area contributed by atoms with Crippen molar-refractivity contribution in [3.8, 4) is 0 Å². The number of thiocarbonyl (C=S) groups is 1. The first-order valence-corrected chi connectivity index (χ1v) is 5.17. The van der Waals surface area contributed by atoms with Crippen molar-refractivity contribution < 1.29 is 4.79 Å². The third-order valence-corrected chi connectivity index (χ3v) is 3.22. The summed E-state index contributed by atoms with van der Waals surface area (Å²) >= 11 is 4.95. The zero-order valence-electron chi connectivity index (χ0n) is 7.72. The Balaban J connectivity index is 2.19. The Bertz CT molecular complexity index is 266. The van der Waals surface area contributed by atoms with Gasteiger partial charge in [0, 0.05) is 0 Å². The van der Waals surface area contributed by atoms with Gasteiger partial charge in [0.2, 0.25) is 0 Å². The molecule has 2 rings (SSSR count). The SMILES string of the molecule is CC1CCCC2(C1)NC(=S)NC2=O. The van der Waals surface area contributed by atoms with Crippen LogP contribution in [0.2, 0.25) is 0 Å². The Hall–Kier alpha value is -0.640. The van der Waals surface area contributed by atoms with E-state index >= 15 is 0 Å². The molecule has 1 saturated carbocycles. The lowest BCUT2D eigenvalue weighted by molar-refractivity contribution is -0.125. The van der Waals surface area contributed by atoms with Gasteiger partial charge in [0.25, 0.3) is 5.91 Å². The summed E-state index contributed by atoms with van der Waals surface area (Å²) in [6, 6.07) is 0. The molecule has 2 aliphatic rings. The second-order valence-corrected chi connectivity index (χ2v) is 4.60. The van der Waals surface area contributed by atoms with E-state index in [-0.39, 0.29) is 11.4 Å². The van der Waals surface area contributed by atoms with Crippen molar-refractivity contribution in [3.05, 3.63) is 0 Å². The molecule has 3 nitrogen and oxygen atoms in total. The van der Waals surface area contributed by atoms with Crippen molar-refractivity contribution in [1.29, 1.82) is 0 Å². The van der Waals surface area contributed by atoms with E-state index in [1.807, 2.05) is 0 Å². The molecule has 72 valence electrons. The average molecular weight is 198 g/mol. The smallest absolute Gasteiger partial charge is 0.251 e. The molecule has 0 aromatic heterocycles. The van der Waals surface area contributed by atoms with Gasteiger partial charge in [-0.3, -0.25) is 4.79 Å². The molecule has 1 aliphatic carbocycles. The lowest BCUT2D eigenvalue weighted by Crippen LogP contribution is -2.49. The molecule has 0 radical (unpaired) electrons. The number of rotatable bonds is 0. The highest BCUT2D eigenvalue weighted by Crippen LogP contribution is 2.34. The Morgan fingerprint density at radius 1 is 1.62 bits per heavy atom. The van der Waals surface area contributed by atoms with Crippen LogP contribution < -0.4 is 10.6 Å². The normalized spacial score (nSPS) is 39.0. The number of carbonyl (C=O) groups is 1. The molecule has 13 heavy (non-hydrogen) atoms. The molecule has 0 aromatic carbocycles. The molecule has 2 fully saturated rings. The number of hydrogen-bond acceptors (Lipinski definition) is 2. The van der Waals surface area contributed by atoms with E-state index in [2.05, 4.69) is 17.6 Å². The molecule has 1 aliphatic heterocycles. The lowest BCUT2D eigenvalue weighted by Gasteiger charge is -2.34. The summed E-state index contributed by atoms with van der Waals surface area (Å²) in [4.78, 5) is 11.6. The minimum Gasteiger partial charge on any atom is -0.348 e. The molecule has 1 amide bonds. The van der Waals surface area contributed by atoms with Gasteiger partial charge in [-0.15, -0.1) is 0 Å². The quantitative estimate of drug-likeness (QED) is 0.569. The summed E-state index contributed by atoms with van der Waals surface area (Å²) in [5.74, 6) is 0.692. The first-order chi connectivity index (χ1) is 6.12. The highest BCUT2D eigenvalue weighted by molar-refractivity contribution is 7.80. The van der Waals surface area contributed by atoms with Gasteiger partial charge in [0.1, 0.15) is 5.54 Å². The summed E-state index contributed by atoms with van der Waals surface area (Å²) < 4.78 is 0. The van der Waals surface area contributed by atoms with Crippen LogP contribution in [-0.4, -0.2) is 16.6 Å². The monoisotopic (exact) mass is 198 g/mol. The van der Waals surface area contributed by atoms with Crippen molar-refractivity contribution in [3.63, 3.8) is 0 Å². The zero-order chi connectivity index (χ0) is 9.47. The minimum absolute atomic E-state index is 0.0732. The van der Waals surface area contributed by atoms with Crippen LogP contribution in [0.25, 0.3) is 0 Å². The van der Waals surface area contributed by atoms with Crippen LogP contribution in [-0.2, 0) is 4.79 Å². The fraction of sp³-hybridized carbons (Fsp3) is 0.778. The van der Waals surface area contributed by atoms with Crippen molar-refractivity contribution >= 4 is 23.2 Å². The number of carbonyl (C=O) groups excluding carboxylic acids is 1. The van der Waals surface area contributed by atoms with Gasteiger partial charge in [-0.05, 0) is 31.0 Å². The molecule has 4 heteroatoms. The third kappa shape index (κ3) is 1.43. The third-order valence-electron chi connectivity index (χ3n) is 3.01. The molecule has 2 unspecified atom stereocenters. The molecule has 1 spiro atoms. The van der Waals surface area contributed by atoms with Crippen molar-refractivity contribution in [2.45, 2.75) is 38.1 Å². The Morgan fingerprint density at radius 2 is 2.38 bits per heavy atom. The summed E-state index contributed by atoms with van der Waals surface area (Å²) in [5.41, 5.74) is -0.366. The van der Waals surface area contributed by atoms with Gasteiger partial charge >= 0.3 is 0 Å². The first kappa shape index (κ1) is 8.94. The van der Waals surface area contributed by atoms with Gasteiger partial charge in [0.15, 0.2) is 5.11 Å². The predicted octanol–water partition coefficient (Wildman–Crippen LogP) is 0.940. The Morgan fingerprint density at radius 3 is 2.92 bits per heavy atom. The van der Waals surface area contributed by atoms with Gasteiger partial charge in [-0.25, -0.2) is 0 Å². The van der Waals surface area contributed by atoms with Crippen LogP contribution in [0.15, 0.2) is 0 Å². The summed E-state index contributed by atoms with van der Waals surface area (Å²) in [6.45, 7) is 2.19.